The van der Waals surface area contributed by atoms with Crippen LogP contribution in [0, 0.1) is 12.7 Å². The van der Waals surface area contributed by atoms with Gasteiger partial charge in [-0.25, -0.2) is 17.8 Å². The standard InChI is InChI=1S/C23H26FN3O2S2/c1-3-18-5-7-19(8-6-18)14-21-16-30-23(25-21)26-10-12-27(13-11-26)31(28,29)22-15-20(24)9-4-17(22)2/h4-9,15-16H,3,10-14H2,1-2H3. The van der Waals surface area contributed by atoms with E-state index in [0.717, 1.165) is 29.7 Å². The van der Waals surface area contributed by atoms with E-state index in [-0.39, 0.29) is 4.90 Å². The van der Waals surface area contributed by atoms with Crippen molar-refractivity contribution in [2.75, 3.05) is 31.1 Å². The zero-order valence-corrected chi connectivity index (χ0v) is 19.3. The molecule has 1 fully saturated rings. The summed E-state index contributed by atoms with van der Waals surface area (Å²) in [6.45, 7) is 5.66. The highest BCUT2D eigenvalue weighted by molar-refractivity contribution is 7.89. The van der Waals surface area contributed by atoms with Crippen molar-refractivity contribution in [3.05, 3.63) is 76.0 Å². The molecule has 2 aromatic carbocycles. The van der Waals surface area contributed by atoms with Gasteiger partial charge in [-0.15, -0.1) is 11.3 Å². The van der Waals surface area contributed by atoms with Crippen molar-refractivity contribution in [2.45, 2.75) is 31.6 Å². The summed E-state index contributed by atoms with van der Waals surface area (Å²) in [6.07, 6.45) is 1.81. The van der Waals surface area contributed by atoms with Gasteiger partial charge >= 0.3 is 0 Å². The monoisotopic (exact) mass is 459 g/mol. The minimum Gasteiger partial charge on any atom is -0.345 e. The van der Waals surface area contributed by atoms with Crippen LogP contribution in [0.4, 0.5) is 9.52 Å². The van der Waals surface area contributed by atoms with Gasteiger partial charge < -0.3 is 4.90 Å². The van der Waals surface area contributed by atoms with Gasteiger partial charge in [-0.1, -0.05) is 37.3 Å². The van der Waals surface area contributed by atoms with E-state index in [2.05, 4.69) is 41.5 Å². The normalized spacial score (nSPS) is 15.4. The number of hydrogen-bond acceptors (Lipinski definition) is 5. The van der Waals surface area contributed by atoms with Crippen LogP contribution in [0.25, 0.3) is 0 Å². The summed E-state index contributed by atoms with van der Waals surface area (Å²) in [5.41, 5.74) is 4.13. The average Bonchev–Trinajstić information content (AvgIpc) is 3.24. The van der Waals surface area contributed by atoms with Crippen LogP contribution in [-0.4, -0.2) is 43.9 Å². The van der Waals surface area contributed by atoms with Crippen LogP contribution in [0.2, 0.25) is 0 Å². The summed E-state index contributed by atoms with van der Waals surface area (Å²) in [5.74, 6) is -0.539. The largest absolute Gasteiger partial charge is 0.345 e. The average molecular weight is 460 g/mol. The maximum Gasteiger partial charge on any atom is 0.243 e. The smallest absolute Gasteiger partial charge is 0.243 e. The predicted octanol–water partition coefficient (Wildman–Crippen LogP) is 4.25. The van der Waals surface area contributed by atoms with Crippen LogP contribution < -0.4 is 4.90 Å². The molecule has 4 rings (SSSR count). The van der Waals surface area contributed by atoms with Crippen LogP contribution in [0.3, 0.4) is 0 Å². The molecular formula is C23H26FN3O2S2. The van der Waals surface area contributed by atoms with Crippen molar-refractivity contribution < 1.29 is 12.8 Å². The Labute approximate surface area is 187 Å². The second-order valence-electron chi connectivity index (χ2n) is 7.77. The molecule has 0 amide bonds. The van der Waals surface area contributed by atoms with E-state index >= 15 is 0 Å². The third-order valence-electron chi connectivity index (χ3n) is 5.63. The molecule has 0 N–H and O–H groups in total. The topological polar surface area (TPSA) is 53.5 Å². The zero-order valence-electron chi connectivity index (χ0n) is 17.7. The molecule has 0 spiro atoms. The summed E-state index contributed by atoms with van der Waals surface area (Å²) in [7, 11) is -3.71. The molecule has 1 aliphatic heterocycles. The molecular weight excluding hydrogens is 433 g/mol. The molecule has 8 heteroatoms. The van der Waals surface area contributed by atoms with Crippen molar-refractivity contribution in [1.29, 1.82) is 0 Å². The maximum atomic E-state index is 13.6. The van der Waals surface area contributed by atoms with Gasteiger partial charge in [0.25, 0.3) is 0 Å². The Morgan fingerprint density at radius 3 is 2.39 bits per heavy atom. The molecule has 2 heterocycles. The van der Waals surface area contributed by atoms with Gasteiger partial charge in [0.05, 0.1) is 10.6 Å². The predicted molar refractivity (Wildman–Crippen MR) is 123 cm³/mol. The summed E-state index contributed by atoms with van der Waals surface area (Å²) in [4.78, 5) is 6.94. The third kappa shape index (κ3) is 4.81. The van der Waals surface area contributed by atoms with E-state index in [1.54, 1.807) is 18.3 Å². The second-order valence-corrected chi connectivity index (χ2v) is 10.5. The van der Waals surface area contributed by atoms with Crippen LogP contribution >= 0.6 is 11.3 Å². The van der Waals surface area contributed by atoms with Gasteiger partial charge in [-0.05, 0) is 42.2 Å². The third-order valence-corrected chi connectivity index (χ3v) is 8.62. The zero-order chi connectivity index (χ0) is 22.0. The minimum absolute atomic E-state index is 0.0478. The SMILES string of the molecule is CCc1ccc(Cc2csc(N3CCN(S(=O)(=O)c4cc(F)ccc4C)CC3)n2)cc1. The highest BCUT2D eigenvalue weighted by Gasteiger charge is 2.30. The van der Waals surface area contributed by atoms with E-state index in [0.29, 0.717) is 31.7 Å². The lowest BCUT2D eigenvalue weighted by molar-refractivity contribution is 0.384. The number of sulfonamides is 1. The number of halogens is 1. The van der Waals surface area contributed by atoms with Crippen LogP contribution in [0.1, 0.15) is 29.3 Å². The van der Waals surface area contributed by atoms with E-state index in [1.165, 1.54) is 27.6 Å². The first-order chi connectivity index (χ1) is 14.9. The molecule has 0 unspecified atom stereocenters. The Bertz CT molecular complexity index is 1150. The summed E-state index contributed by atoms with van der Waals surface area (Å²) < 4.78 is 41.0. The first kappa shape index (κ1) is 21.9. The van der Waals surface area contributed by atoms with Crippen molar-refractivity contribution in [2.24, 2.45) is 0 Å². The number of aryl methyl sites for hydroxylation is 2. The molecule has 3 aromatic rings. The van der Waals surface area contributed by atoms with E-state index in [4.69, 9.17) is 4.98 Å². The van der Waals surface area contributed by atoms with E-state index in [9.17, 15) is 12.8 Å². The van der Waals surface area contributed by atoms with E-state index < -0.39 is 15.8 Å². The van der Waals surface area contributed by atoms with Crippen molar-refractivity contribution >= 4 is 26.5 Å². The molecule has 1 saturated heterocycles. The van der Waals surface area contributed by atoms with Crippen LogP contribution in [-0.2, 0) is 22.9 Å². The quantitative estimate of drug-likeness (QED) is 0.553. The molecule has 1 aliphatic rings. The second kappa shape index (κ2) is 9.06. The van der Waals surface area contributed by atoms with Crippen molar-refractivity contribution in [3.8, 4) is 0 Å². The highest BCUT2D eigenvalue weighted by Crippen LogP contribution is 2.26. The lowest BCUT2D eigenvalue weighted by Gasteiger charge is -2.34. The first-order valence-electron chi connectivity index (χ1n) is 10.4. The Kier molecular flexibility index (Phi) is 6.41. The van der Waals surface area contributed by atoms with Crippen LogP contribution in [0.5, 0.6) is 0 Å². The Balaban J connectivity index is 1.40. The Hall–Kier alpha value is -2.29. The van der Waals surface area contributed by atoms with Crippen molar-refractivity contribution in [3.63, 3.8) is 0 Å². The minimum atomic E-state index is -3.71. The number of piperazine rings is 1. The Morgan fingerprint density at radius 1 is 1.03 bits per heavy atom. The van der Waals surface area contributed by atoms with E-state index in [1.807, 2.05) is 0 Å². The number of rotatable bonds is 6. The lowest BCUT2D eigenvalue weighted by atomic mass is 10.1. The molecule has 5 nitrogen and oxygen atoms in total. The molecule has 31 heavy (non-hydrogen) atoms. The molecule has 0 bridgehead atoms. The van der Waals surface area contributed by atoms with Gasteiger partial charge in [0.15, 0.2) is 5.13 Å². The number of anilines is 1. The van der Waals surface area contributed by atoms with Gasteiger partial charge in [-0.3, -0.25) is 0 Å². The van der Waals surface area contributed by atoms with Crippen molar-refractivity contribution in [1.82, 2.24) is 9.29 Å². The molecule has 0 aliphatic carbocycles. The molecule has 1 aromatic heterocycles. The number of nitrogens with zero attached hydrogens (tertiary/aromatic N) is 3. The number of hydrogen-bond donors (Lipinski definition) is 0. The van der Waals surface area contributed by atoms with Gasteiger partial charge in [0.1, 0.15) is 5.82 Å². The lowest BCUT2D eigenvalue weighted by Crippen LogP contribution is -2.48. The molecule has 0 atom stereocenters. The van der Waals surface area contributed by atoms with Gasteiger partial charge in [-0.2, -0.15) is 4.31 Å². The Morgan fingerprint density at radius 2 is 1.71 bits per heavy atom. The van der Waals surface area contributed by atoms with Gasteiger partial charge in [0.2, 0.25) is 10.0 Å². The number of thiazole rings is 1. The fourth-order valence-corrected chi connectivity index (χ4v) is 6.27. The summed E-state index contributed by atoms with van der Waals surface area (Å²) >= 11 is 1.59. The van der Waals surface area contributed by atoms with Gasteiger partial charge in [0, 0.05) is 38.0 Å². The molecule has 0 radical (unpaired) electrons. The molecule has 0 saturated carbocycles. The summed E-state index contributed by atoms with van der Waals surface area (Å²) in [5, 5.41) is 2.99. The molecule has 164 valence electrons. The maximum absolute atomic E-state index is 13.6. The number of aromatic nitrogens is 1. The fraction of sp³-hybridized carbons (Fsp3) is 0.348. The van der Waals surface area contributed by atoms with Crippen LogP contribution in [0.15, 0.2) is 52.7 Å². The highest BCUT2D eigenvalue weighted by atomic mass is 32.2. The summed E-state index contributed by atoms with van der Waals surface area (Å²) in [6, 6.07) is 12.5. The fourth-order valence-electron chi connectivity index (χ4n) is 3.74. The number of benzene rings is 2. The first-order valence-corrected chi connectivity index (χ1v) is 12.7.